The normalized spacial score (nSPS) is 16.0. The van der Waals surface area contributed by atoms with E-state index in [-0.39, 0.29) is 5.56 Å². The van der Waals surface area contributed by atoms with Crippen LogP contribution in [-0.4, -0.2) is 28.0 Å². The Kier molecular flexibility index (Phi) is 2.55. The molecular formula is C10H13N3O2. The van der Waals surface area contributed by atoms with Gasteiger partial charge in [0.1, 0.15) is 0 Å². The molecule has 2 heterocycles. The third-order valence-electron chi connectivity index (χ3n) is 2.58. The van der Waals surface area contributed by atoms with Crippen molar-refractivity contribution < 1.29 is 0 Å². The van der Waals surface area contributed by atoms with Crippen molar-refractivity contribution in [1.29, 1.82) is 0 Å². The van der Waals surface area contributed by atoms with E-state index in [1.165, 1.54) is 0 Å². The average molecular weight is 207 g/mol. The largest absolute Gasteiger partial charge is 0.325 e. The lowest BCUT2D eigenvalue weighted by molar-refractivity contribution is 0.277. The van der Waals surface area contributed by atoms with Crippen molar-refractivity contribution in [1.82, 2.24) is 14.9 Å². The minimum absolute atomic E-state index is 0.275. The molecule has 0 unspecified atom stereocenters. The molecule has 2 N–H and O–H groups in total. The fraction of sp³-hybridized carbons (Fsp3) is 0.400. The Bertz CT molecular complexity index is 486. The summed E-state index contributed by atoms with van der Waals surface area (Å²) in [4.78, 5) is 29.6. The Morgan fingerprint density at radius 3 is 2.93 bits per heavy atom. The number of fused-ring (bicyclic) bond motifs is 1. The highest BCUT2D eigenvalue weighted by molar-refractivity contribution is 5.19. The molecule has 5 nitrogen and oxygen atoms in total. The van der Waals surface area contributed by atoms with Gasteiger partial charge in [0, 0.05) is 31.7 Å². The fourth-order valence-corrected chi connectivity index (χ4v) is 1.85. The summed E-state index contributed by atoms with van der Waals surface area (Å²) in [6.45, 7) is 5.85. The molecule has 0 fully saturated rings. The maximum absolute atomic E-state index is 11.5. The summed E-state index contributed by atoms with van der Waals surface area (Å²) in [6, 6.07) is 0. The number of nitrogens with one attached hydrogen (secondary N) is 2. The second-order valence-electron chi connectivity index (χ2n) is 3.64. The van der Waals surface area contributed by atoms with Crippen LogP contribution in [0.15, 0.2) is 22.2 Å². The molecule has 15 heavy (non-hydrogen) atoms. The standard InChI is InChI=1S/C10H13N3O2/c1-2-4-13-5-3-8-7(6-13)9(14)12-10(15)11-8/h2H,1,3-6H2,(H2,11,12,14,15). The lowest BCUT2D eigenvalue weighted by atomic mass is 10.1. The Hall–Kier alpha value is -1.62. The molecule has 0 atom stereocenters. The predicted octanol–water partition coefficient (Wildman–Crippen LogP) is -0.393. The monoisotopic (exact) mass is 207 g/mol. The molecule has 0 saturated heterocycles. The van der Waals surface area contributed by atoms with Gasteiger partial charge in [0.2, 0.25) is 0 Å². The highest BCUT2D eigenvalue weighted by Crippen LogP contribution is 2.11. The molecule has 5 heteroatoms. The van der Waals surface area contributed by atoms with E-state index in [9.17, 15) is 9.59 Å². The van der Waals surface area contributed by atoms with Gasteiger partial charge in [-0.05, 0) is 0 Å². The van der Waals surface area contributed by atoms with E-state index in [1.54, 1.807) is 0 Å². The maximum atomic E-state index is 11.5. The first-order valence-corrected chi connectivity index (χ1v) is 4.88. The number of hydrogen-bond acceptors (Lipinski definition) is 3. The summed E-state index contributed by atoms with van der Waals surface area (Å²) in [5, 5.41) is 0. The highest BCUT2D eigenvalue weighted by atomic mass is 16.2. The van der Waals surface area contributed by atoms with Crippen molar-refractivity contribution in [2.75, 3.05) is 13.1 Å². The van der Waals surface area contributed by atoms with Crippen LogP contribution in [0.2, 0.25) is 0 Å². The summed E-state index contributed by atoms with van der Waals surface area (Å²) >= 11 is 0. The molecule has 0 radical (unpaired) electrons. The third-order valence-corrected chi connectivity index (χ3v) is 2.58. The van der Waals surface area contributed by atoms with Crippen LogP contribution in [0.25, 0.3) is 0 Å². The van der Waals surface area contributed by atoms with Crippen LogP contribution >= 0.6 is 0 Å². The predicted molar refractivity (Wildman–Crippen MR) is 56.9 cm³/mol. The fourth-order valence-electron chi connectivity index (χ4n) is 1.85. The van der Waals surface area contributed by atoms with Gasteiger partial charge in [0.15, 0.2) is 0 Å². The molecule has 0 bridgehead atoms. The summed E-state index contributed by atoms with van der Waals surface area (Å²) in [6.07, 6.45) is 2.52. The third kappa shape index (κ3) is 1.92. The van der Waals surface area contributed by atoms with Crippen LogP contribution in [0.1, 0.15) is 11.3 Å². The number of hydrogen-bond donors (Lipinski definition) is 2. The Morgan fingerprint density at radius 1 is 1.40 bits per heavy atom. The van der Waals surface area contributed by atoms with E-state index in [0.717, 1.165) is 18.8 Å². The molecule has 1 aliphatic heterocycles. The van der Waals surface area contributed by atoms with E-state index >= 15 is 0 Å². The molecule has 0 aliphatic carbocycles. The van der Waals surface area contributed by atoms with Crippen molar-refractivity contribution >= 4 is 0 Å². The van der Waals surface area contributed by atoms with Gasteiger partial charge in [0.05, 0.1) is 5.56 Å². The van der Waals surface area contributed by atoms with Crippen molar-refractivity contribution in [2.24, 2.45) is 0 Å². The summed E-state index contributed by atoms with van der Waals surface area (Å²) in [7, 11) is 0. The zero-order valence-electron chi connectivity index (χ0n) is 8.38. The second-order valence-corrected chi connectivity index (χ2v) is 3.64. The molecule has 0 amide bonds. The van der Waals surface area contributed by atoms with Crippen LogP contribution in [0.3, 0.4) is 0 Å². The highest BCUT2D eigenvalue weighted by Gasteiger charge is 2.18. The van der Waals surface area contributed by atoms with Crippen molar-refractivity contribution in [3.63, 3.8) is 0 Å². The molecule has 0 spiro atoms. The Morgan fingerprint density at radius 2 is 2.20 bits per heavy atom. The number of rotatable bonds is 2. The topological polar surface area (TPSA) is 69.0 Å². The van der Waals surface area contributed by atoms with Crippen molar-refractivity contribution in [2.45, 2.75) is 13.0 Å². The lowest BCUT2D eigenvalue weighted by Crippen LogP contribution is -2.38. The maximum Gasteiger partial charge on any atom is 0.325 e. The smallest absolute Gasteiger partial charge is 0.311 e. The van der Waals surface area contributed by atoms with Gasteiger partial charge < -0.3 is 4.98 Å². The van der Waals surface area contributed by atoms with Gasteiger partial charge in [-0.25, -0.2) is 4.79 Å². The first-order valence-electron chi connectivity index (χ1n) is 4.88. The Labute approximate surface area is 86.4 Å². The van der Waals surface area contributed by atoms with Crippen LogP contribution < -0.4 is 11.2 Å². The van der Waals surface area contributed by atoms with Crippen molar-refractivity contribution in [3.05, 3.63) is 44.8 Å². The second kappa shape index (κ2) is 3.86. The molecule has 0 aromatic carbocycles. The molecule has 1 aromatic heterocycles. The Balaban J connectivity index is 2.37. The molecule has 0 saturated carbocycles. The van der Waals surface area contributed by atoms with Crippen LogP contribution in [0, 0.1) is 0 Å². The van der Waals surface area contributed by atoms with Gasteiger partial charge in [-0.15, -0.1) is 6.58 Å². The minimum Gasteiger partial charge on any atom is -0.311 e. The van der Waals surface area contributed by atoms with Gasteiger partial charge in [0.25, 0.3) is 5.56 Å². The number of nitrogens with zero attached hydrogens (tertiary/aromatic N) is 1. The summed E-state index contributed by atoms with van der Waals surface area (Å²) < 4.78 is 0. The van der Waals surface area contributed by atoms with Gasteiger partial charge in [-0.1, -0.05) is 6.08 Å². The van der Waals surface area contributed by atoms with E-state index in [2.05, 4.69) is 21.4 Å². The molecule has 1 aromatic rings. The van der Waals surface area contributed by atoms with E-state index < -0.39 is 5.69 Å². The molecule has 1 aliphatic rings. The van der Waals surface area contributed by atoms with E-state index in [4.69, 9.17) is 0 Å². The van der Waals surface area contributed by atoms with Gasteiger partial charge in [-0.3, -0.25) is 14.7 Å². The van der Waals surface area contributed by atoms with E-state index in [0.29, 0.717) is 18.5 Å². The molecule has 2 rings (SSSR count). The summed E-state index contributed by atoms with van der Waals surface area (Å²) in [5.74, 6) is 0. The average Bonchev–Trinajstić information content (AvgIpc) is 2.19. The molecular weight excluding hydrogens is 194 g/mol. The van der Waals surface area contributed by atoms with Crippen molar-refractivity contribution in [3.8, 4) is 0 Å². The minimum atomic E-state index is -0.420. The number of aromatic nitrogens is 2. The van der Waals surface area contributed by atoms with E-state index in [1.807, 2.05) is 6.08 Å². The zero-order valence-corrected chi connectivity index (χ0v) is 8.38. The first kappa shape index (κ1) is 9.92. The van der Waals surface area contributed by atoms with Crippen LogP contribution in [-0.2, 0) is 13.0 Å². The van der Waals surface area contributed by atoms with Gasteiger partial charge >= 0.3 is 5.69 Å². The number of aromatic amines is 2. The SMILES string of the molecule is C=CCN1CCc2[nH]c(=O)[nH]c(=O)c2C1. The van der Waals surface area contributed by atoms with Crippen LogP contribution in [0.5, 0.6) is 0 Å². The van der Waals surface area contributed by atoms with Crippen LogP contribution in [0.4, 0.5) is 0 Å². The lowest BCUT2D eigenvalue weighted by Gasteiger charge is -2.26. The first-order chi connectivity index (χ1) is 7.20. The quantitative estimate of drug-likeness (QED) is 0.649. The number of H-pyrrole nitrogens is 2. The van der Waals surface area contributed by atoms with Gasteiger partial charge in [-0.2, -0.15) is 0 Å². The summed E-state index contributed by atoms with van der Waals surface area (Å²) in [5.41, 5.74) is 0.741. The molecule has 80 valence electrons. The zero-order chi connectivity index (χ0) is 10.8.